The molecule has 15 heavy (non-hydrogen) atoms. The summed E-state index contributed by atoms with van der Waals surface area (Å²) in [5.41, 5.74) is 0.320. The quantitative estimate of drug-likeness (QED) is 0.649. The van der Waals surface area contributed by atoms with Gasteiger partial charge in [-0.1, -0.05) is 0 Å². The van der Waals surface area contributed by atoms with Gasteiger partial charge in [-0.3, -0.25) is 4.79 Å². The first kappa shape index (κ1) is 9.45. The predicted octanol–water partition coefficient (Wildman–Crippen LogP) is 0.145. The molecule has 2 aromatic heterocycles. The van der Waals surface area contributed by atoms with Gasteiger partial charge in [-0.15, -0.1) is 10.2 Å². The average Bonchev–Trinajstić information content (AvgIpc) is 2.60. The Bertz CT molecular complexity index is 490. The Labute approximate surface area is 86.0 Å². The second-order valence-corrected chi connectivity index (χ2v) is 3.05. The van der Waals surface area contributed by atoms with Gasteiger partial charge in [0.2, 0.25) is 11.6 Å². The van der Waals surface area contributed by atoms with E-state index in [2.05, 4.69) is 20.2 Å². The number of aromatic nitrogens is 5. The molecule has 76 valence electrons. The van der Waals surface area contributed by atoms with E-state index in [1.54, 1.807) is 24.6 Å². The number of hydrogen-bond donors (Lipinski definition) is 0. The third kappa shape index (κ3) is 1.61. The molecule has 0 aromatic carbocycles. The molecule has 0 radical (unpaired) electrons. The normalized spacial score (nSPS) is 10.3. The van der Waals surface area contributed by atoms with Crippen molar-refractivity contribution >= 4 is 5.78 Å². The van der Waals surface area contributed by atoms with Crippen LogP contribution >= 0.6 is 0 Å². The van der Waals surface area contributed by atoms with E-state index in [-0.39, 0.29) is 11.6 Å². The Morgan fingerprint density at radius 2 is 2.20 bits per heavy atom. The van der Waals surface area contributed by atoms with E-state index in [9.17, 15) is 4.79 Å². The topological polar surface area (TPSA) is 73.6 Å². The van der Waals surface area contributed by atoms with Crippen molar-refractivity contribution < 1.29 is 4.79 Å². The van der Waals surface area contributed by atoms with Gasteiger partial charge in [0.1, 0.15) is 17.8 Å². The summed E-state index contributed by atoms with van der Waals surface area (Å²) in [6, 6.07) is 1.55. The highest BCUT2D eigenvalue weighted by molar-refractivity contribution is 6.05. The zero-order valence-electron chi connectivity index (χ0n) is 8.38. The highest BCUT2D eigenvalue weighted by atomic mass is 16.1. The number of carbonyl (C=O) groups is 1. The number of carbonyl (C=O) groups excluding carboxylic acids is 1. The molecule has 0 saturated heterocycles. The summed E-state index contributed by atoms with van der Waals surface area (Å²) in [7, 11) is 1.74. The van der Waals surface area contributed by atoms with Gasteiger partial charge < -0.3 is 4.57 Å². The summed E-state index contributed by atoms with van der Waals surface area (Å²) in [5, 5.41) is 7.61. The van der Waals surface area contributed by atoms with Crippen LogP contribution in [0.2, 0.25) is 0 Å². The molecule has 0 bridgehead atoms. The zero-order valence-corrected chi connectivity index (χ0v) is 8.38. The van der Waals surface area contributed by atoms with E-state index in [0.717, 1.165) is 0 Å². The van der Waals surface area contributed by atoms with Crippen LogP contribution in [-0.4, -0.2) is 30.5 Å². The van der Waals surface area contributed by atoms with Crippen LogP contribution in [-0.2, 0) is 7.05 Å². The van der Waals surface area contributed by atoms with Gasteiger partial charge in [-0.25, -0.2) is 9.97 Å². The molecule has 0 atom stereocenters. The van der Waals surface area contributed by atoms with Crippen molar-refractivity contribution in [2.45, 2.75) is 6.92 Å². The van der Waals surface area contributed by atoms with Gasteiger partial charge in [0.25, 0.3) is 0 Å². The van der Waals surface area contributed by atoms with Crippen LogP contribution in [0.1, 0.15) is 22.1 Å². The third-order valence-corrected chi connectivity index (χ3v) is 2.11. The lowest BCUT2D eigenvalue weighted by atomic mass is 10.2. The van der Waals surface area contributed by atoms with Gasteiger partial charge in [0.15, 0.2) is 0 Å². The lowest BCUT2D eigenvalue weighted by molar-refractivity contribution is 0.102. The minimum absolute atomic E-state index is 0.250. The fourth-order valence-corrected chi connectivity index (χ4v) is 1.14. The minimum Gasteiger partial charge on any atom is -0.312 e. The summed E-state index contributed by atoms with van der Waals surface area (Å²) >= 11 is 0. The van der Waals surface area contributed by atoms with E-state index in [0.29, 0.717) is 11.5 Å². The van der Waals surface area contributed by atoms with Gasteiger partial charge in [0.05, 0.1) is 0 Å². The summed E-state index contributed by atoms with van der Waals surface area (Å²) in [6.07, 6.45) is 2.85. The molecule has 0 amide bonds. The molecule has 0 spiro atoms. The van der Waals surface area contributed by atoms with Gasteiger partial charge in [-0.05, 0) is 13.0 Å². The van der Waals surface area contributed by atoms with Gasteiger partial charge in [0, 0.05) is 13.2 Å². The molecule has 2 aromatic rings. The molecule has 0 aliphatic rings. The Hall–Kier alpha value is -2.11. The van der Waals surface area contributed by atoms with Crippen LogP contribution in [0.4, 0.5) is 0 Å². The second kappa shape index (κ2) is 3.56. The summed E-state index contributed by atoms with van der Waals surface area (Å²) in [6.45, 7) is 1.78. The van der Waals surface area contributed by atoms with Crippen LogP contribution in [0.25, 0.3) is 0 Å². The molecular formula is C9H9N5O. The summed E-state index contributed by atoms with van der Waals surface area (Å²) < 4.78 is 1.63. The maximum Gasteiger partial charge on any atom is 0.248 e. The number of nitrogens with zero attached hydrogens (tertiary/aromatic N) is 5. The Kier molecular flexibility index (Phi) is 2.24. The number of aryl methyl sites for hydroxylation is 1. The van der Waals surface area contributed by atoms with Gasteiger partial charge >= 0.3 is 0 Å². The molecular weight excluding hydrogens is 194 g/mol. The molecule has 2 rings (SSSR count). The minimum atomic E-state index is -0.250. The highest BCUT2D eigenvalue weighted by Crippen LogP contribution is 2.04. The predicted molar refractivity (Wildman–Crippen MR) is 51.2 cm³/mol. The van der Waals surface area contributed by atoms with E-state index in [1.165, 1.54) is 12.5 Å². The third-order valence-electron chi connectivity index (χ3n) is 2.11. The Balaban J connectivity index is 2.42. The number of ketones is 1. The van der Waals surface area contributed by atoms with Crippen molar-refractivity contribution in [2.24, 2.45) is 7.05 Å². The Morgan fingerprint density at radius 1 is 1.40 bits per heavy atom. The smallest absolute Gasteiger partial charge is 0.248 e. The first-order valence-corrected chi connectivity index (χ1v) is 4.37. The molecule has 0 aliphatic carbocycles. The molecule has 0 fully saturated rings. The molecule has 0 N–H and O–H groups in total. The zero-order chi connectivity index (χ0) is 10.8. The summed E-state index contributed by atoms with van der Waals surface area (Å²) in [5.74, 6) is 0.721. The van der Waals surface area contributed by atoms with Gasteiger partial charge in [-0.2, -0.15) is 0 Å². The highest BCUT2D eigenvalue weighted by Gasteiger charge is 2.17. The van der Waals surface area contributed by atoms with Crippen LogP contribution in [0.15, 0.2) is 18.6 Å². The maximum absolute atomic E-state index is 11.9. The lowest BCUT2D eigenvalue weighted by Gasteiger charge is -1.99. The number of rotatable bonds is 2. The van der Waals surface area contributed by atoms with E-state index < -0.39 is 0 Å². The SMILES string of the molecule is Cc1nnc(C(=O)c2ccncn2)n1C. The molecule has 6 heteroatoms. The van der Waals surface area contributed by atoms with Crippen LogP contribution in [0, 0.1) is 6.92 Å². The molecule has 0 aliphatic heterocycles. The first-order valence-electron chi connectivity index (χ1n) is 4.37. The molecule has 2 heterocycles. The Morgan fingerprint density at radius 3 is 2.73 bits per heavy atom. The fourth-order valence-electron chi connectivity index (χ4n) is 1.14. The van der Waals surface area contributed by atoms with Crippen molar-refractivity contribution in [3.8, 4) is 0 Å². The summed E-state index contributed by atoms with van der Waals surface area (Å²) in [4.78, 5) is 19.5. The first-order chi connectivity index (χ1) is 7.20. The fraction of sp³-hybridized carbons (Fsp3) is 0.222. The largest absolute Gasteiger partial charge is 0.312 e. The van der Waals surface area contributed by atoms with Crippen molar-refractivity contribution in [3.05, 3.63) is 35.9 Å². The number of hydrogen-bond acceptors (Lipinski definition) is 5. The molecule has 0 unspecified atom stereocenters. The van der Waals surface area contributed by atoms with Crippen molar-refractivity contribution in [3.63, 3.8) is 0 Å². The van der Waals surface area contributed by atoms with Crippen molar-refractivity contribution in [2.75, 3.05) is 0 Å². The van der Waals surface area contributed by atoms with Crippen LogP contribution in [0.5, 0.6) is 0 Å². The molecule has 6 nitrogen and oxygen atoms in total. The monoisotopic (exact) mass is 203 g/mol. The maximum atomic E-state index is 11.9. The molecule has 0 saturated carbocycles. The van der Waals surface area contributed by atoms with E-state index >= 15 is 0 Å². The second-order valence-electron chi connectivity index (χ2n) is 3.05. The average molecular weight is 203 g/mol. The van der Waals surface area contributed by atoms with E-state index in [1.807, 2.05) is 0 Å². The standard InChI is InChI=1S/C9H9N5O/c1-6-12-13-9(14(6)2)8(15)7-3-4-10-5-11-7/h3-5H,1-2H3. The van der Waals surface area contributed by atoms with Crippen molar-refractivity contribution in [1.82, 2.24) is 24.7 Å². The van der Waals surface area contributed by atoms with Crippen molar-refractivity contribution in [1.29, 1.82) is 0 Å². The lowest BCUT2D eigenvalue weighted by Crippen LogP contribution is -2.11. The van der Waals surface area contributed by atoms with Crippen LogP contribution < -0.4 is 0 Å². The van der Waals surface area contributed by atoms with E-state index in [4.69, 9.17) is 0 Å². The van der Waals surface area contributed by atoms with Crippen LogP contribution in [0.3, 0.4) is 0 Å².